The summed E-state index contributed by atoms with van der Waals surface area (Å²) in [6.07, 6.45) is 70.4. The Kier molecular flexibility index (Phi) is 53.5. The van der Waals surface area contributed by atoms with Crippen LogP contribution in [0.5, 0.6) is 0 Å². The second-order valence-electron chi connectivity index (χ2n) is 21.7. The first kappa shape index (κ1) is 69.5. The molecule has 2 atom stereocenters. The predicted octanol–water partition coefficient (Wildman–Crippen LogP) is 19.4. The summed E-state index contributed by atoms with van der Waals surface area (Å²) in [6.45, 7) is 5.56. The van der Waals surface area contributed by atoms with E-state index in [2.05, 4.69) is 62.5 Å². The van der Waals surface area contributed by atoms with Gasteiger partial charge in [0.05, 0.1) is 34.4 Å². The fourth-order valence-corrected chi connectivity index (χ4v) is 9.53. The number of carbonyl (C=O) groups is 1. The zero-order valence-corrected chi connectivity index (χ0v) is 48.6. The lowest BCUT2D eigenvalue weighted by atomic mass is 10.0. The summed E-state index contributed by atoms with van der Waals surface area (Å²) in [5, 5.41) is 0. The lowest BCUT2D eigenvalue weighted by Gasteiger charge is -2.24. The topological polar surface area (TPSA) is 91.3 Å². The van der Waals surface area contributed by atoms with Crippen molar-refractivity contribution in [2.45, 2.75) is 290 Å². The monoisotopic (exact) mass is 1020 g/mol. The molecule has 0 aromatic heterocycles. The summed E-state index contributed by atoms with van der Waals surface area (Å²) in [6, 6.07) is 0. The predicted molar refractivity (Wildman–Crippen MR) is 307 cm³/mol. The first-order valence-corrected chi connectivity index (χ1v) is 31.9. The van der Waals surface area contributed by atoms with Crippen molar-refractivity contribution in [1.29, 1.82) is 0 Å². The summed E-state index contributed by atoms with van der Waals surface area (Å²) in [5.41, 5.74) is 0. The maximum absolute atomic E-state index is 12.8. The molecule has 0 aromatic carbocycles. The van der Waals surface area contributed by atoms with Crippen LogP contribution in [0.15, 0.2) is 48.6 Å². The minimum absolute atomic E-state index is 0.0889. The van der Waals surface area contributed by atoms with Gasteiger partial charge in [-0.25, -0.2) is 4.57 Å². The van der Waals surface area contributed by atoms with Gasteiger partial charge in [-0.05, 0) is 51.4 Å². The van der Waals surface area contributed by atoms with Gasteiger partial charge < -0.3 is 18.9 Å². The van der Waals surface area contributed by atoms with Crippen LogP contribution in [0.3, 0.4) is 0 Å². The van der Waals surface area contributed by atoms with Crippen LogP contribution < -0.4 is 0 Å². The third-order valence-corrected chi connectivity index (χ3v) is 14.4. The van der Waals surface area contributed by atoms with Gasteiger partial charge in [0.15, 0.2) is 0 Å². The van der Waals surface area contributed by atoms with Crippen LogP contribution in [-0.4, -0.2) is 75.6 Å². The van der Waals surface area contributed by atoms with Gasteiger partial charge in [-0.15, -0.1) is 0 Å². The zero-order valence-electron chi connectivity index (χ0n) is 47.7. The number of nitrogens with zero attached hydrogens (tertiary/aromatic N) is 1. The third-order valence-electron chi connectivity index (χ3n) is 13.4. The minimum Gasteiger partial charge on any atom is -0.457 e. The average molecular weight is 1020 g/mol. The molecule has 0 fully saturated rings. The van der Waals surface area contributed by atoms with Crippen LogP contribution in [0.4, 0.5) is 0 Å². The quantitative estimate of drug-likeness (QED) is 0.0213. The van der Waals surface area contributed by atoms with Crippen LogP contribution in [0.2, 0.25) is 0 Å². The number of esters is 1. The molecule has 0 rings (SSSR count). The van der Waals surface area contributed by atoms with E-state index in [1.807, 2.05) is 21.1 Å². The fourth-order valence-electron chi connectivity index (χ4n) is 8.78. The molecule has 0 aliphatic heterocycles. The number of allylic oxidation sites excluding steroid dienone is 8. The Morgan fingerprint density at radius 1 is 0.451 bits per heavy atom. The standard InChI is InChI=1S/C62H118NO7P/c1-6-8-10-12-14-16-18-20-22-24-26-28-30-32-33-35-37-39-41-43-45-47-49-51-53-55-62(64)70-61(60-69-71(65,66)68-58-56-63(3,4)5)59-67-57-54-52-50-48-46-44-42-40-38-36-34-31-29-27-25-23-21-19-17-15-13-11-9-7-2/h9,11,15,17,21,23,27,29,61H,6-8,10,12-14,16,18-20,22,24-26,28,30-60H2,1-5H3/p+1/b11-9-,17-15-,23-21-,29-27-. The van der Waals surface area contributed by atoms with E-state index >= 15 is 0 Å². The number of unbranched alkanes of at least 4 members (excludes halogenated alkanes) is 35. The summed E-state index contributed by atoms with van der Waals surface area (Å²) < 4.78 is 35.3. The van der Waals surface area contributed by atoms with Crippen molar-refractivity contribution in [1.82, 2.24) is 0 Å². The van der Waals surface area contributed by atoms with Crippen molar-refractivity contribution < 1.29 is 37.3 Å². The maximum atomic E-state index is 12.8. The zero-order chi connectivity index (χ0) is 51.9. The van der Waals surface area contributed by atoms with Crippen LogP contribution in [0, 0.1) is 0 Å². The van der Waals surface area contributed by atoms with E-state index in [1.54, 1.807) is 0 Å². The molecule has 9 heteroatoms. The van der Waals surface area contributed by atoms with Crippen molar-refractivity contribution in [2.75, 3.05) is 54.1 Å². The van der Waals surface area contributed by atoms with Crippen LogP contribution >= 0.6 is 7.82 Å². The second kappa shape index (κ2) is 54.7. The lowest BCUT2D eigenvalue weighted by Crippen LogP contribution is -2.37. The van der Waals surface area contributed by atoms with Gasteiger partial charge >= 0.3 is 13.8 Å². The number of quaternary nitrogens is 1. The Labute approximate surface area is 441 Å². The lowest BCUT2D eigenvalue weighted by molar-refractivity contribution is -0.870. The highest BCUT2D eigenvalue weighted by Gasteiger charge is 2.26. The van der Waals surface area contributed by atoms with Gasteiger partial charge in [0.2, 0.25) is 0 Å². The van der Waals surface area contributed by atoms with Gasteiger partial charge in [-0.1, -0.05) is 274 Å². The summed E-state index contributed by atoms with van der Waals surface area (Å²) in [5.74, 6) is -0.308. The van der Waals surface area contributed by atoms with Gasteiger partial charge in [0.25, 0.3) is 0 Å². The molecular formula is C62H119NO7P+. The molecule has 0 aromatic rings. The number of hydrogen-bond donors (Lipinski definition) is 1. The Balaban J connectivity index is 4.02. The van der Waals surface area contributed by atoms with E-state index in [9.17, 15) is 14.3 Å². The molecule has 71 heavy (non-hydrogen) atoms. The smallest absolute Gasteiger partial charge is 0.457 e. The molecule has 2 unspecified atom stereocenters. The first-order valence-electron chi connectivity index (χ1n) is 30.4. The van der Waals surface area contributed by atoms with Crippen molar-refractivity contribution in [3.05, 3.63) is 48.6 Å². The number of likely N-dealkylation sites (N-methyl/N-ethyl adjacent to an activating group) is 1. The highest BCUT2D eigenvalue weighted by molar-refractivity contribution is 7.47. The SMILES string of the molecule is CC/C=C\C/C=C\C/C=C\C/C=C\CCCCCCCCCCCCCOCC(COP(=O)(O)OCC[N+](C)(C)C)OC(=O)CCCCCCCCCCCCCCCCCCCCCCCCCCC. The van der Waals surface area contributed by atoms with Gasteiger partial charge in [0, 0.05) is 13.0 Å². The highest BCUT2D eigenvalue weighted by Crippen LogP contribution is 2.43. The van der Waals surface area contributed by atoms with Crippen molar-refractivity contribution in [3.8, 4) is 0 Å². The van der Waals surface area contributed by atoms with Gasteiger partial charge in [0.1, 0.15) is 19.3 Å². The highest BCUT2D eigenvalue weighted by atomic mass is 31.2. The Bertz CT molecular complexity index is 1280. The molecule has 0 spiro atoms. The fraction of sp³-hybridized carbons (Fsp3) is 0.855. The molecular weight excluding hydrogens is 902 g/mol. The Hall–Kier alpha value is -1.54. The summed E-state index contributed by atoms with van der Waals surface area (Å²) in [7, 11) is 1.68. The van der Waals surface area contributed by atoms with Crippen molar-refractivity contribution in [3.63, 3.8) is 0 Å². The molecule has 0 aliphatic carbocycles. The van der Waals surface area contributed by atoms with Crippen molar-refractivity contribution in [2.24, 2.45) is 0 Å². The van der Waals surface area contributed by atoms with E-state index in [0.29, 0.717) is 24.1 Å². The van der Waals surface area contributed by atoms with E-state index in [1.165, 1.54) is 205 Å². The number of phosphoric acid groups is 1. The van der Waals surface area contributed by atoms with E-state index in [4.69, 9.17) is 18.5 Å². The molecule has 0 bridgehead atoms. The van der Waals surface area contributed by atoms with E-state index < -0.39 is 13.9 Å². The summed E-state index contributed by atoms with van der Waals surface area (Å²) >= 11 is 0. The van der Waals surface area contributed by atoms with Crippen LogP contribution in [0.25, 0.3) is 0 Å². The average Bonchev–Trinajstić information content (AvgIpc) is 3.33. The number of carbonyl (C=O) groups excluding carboxylic acids is 1. The molecule has 418 valence electrons. The maximum Gasteiger partial charge on any atom is 0.472 e. The Morgan fingerprint density at radius 3 is 1.23 bits per heavy atom. The largest absolute Gasteiger partial charge is 0.472 e. The molecule has 1 N–H and O–H groups in total. The minimum atomic E-state index is -4.29. The van der Waals surface area contributed by atoms with E-state index in [-0.39, 0.29) is 25.8 Å². The number of phosphoric ester groups is 1. The third kappa shape index (κ3) is 59.2. The number of rotatable bonds is 57. The Morgan fingerprint density at radius 2 is 0.817 bits per heavy atom. The van der Waals surface area contributed by atoms with Crippen LogP contribution in [-0.2, 0) is 27.9 Å². The number of ether oxygens (including phenoxy) is 2. The normalized spacial score (nSPS) is 13.7. The molecule has 8 nitrogen and oxygen atoms in total. The molecule has 0 aliphatic rings. The number of hydrogen-bond acceptors (Lipinski definition) is 6. The van der Waals surface area contributed by atoms with Crippen molar-refractivity contribution >= 4 is 13.8 Å². The van der Waals surface area contributed by atoms with E-state index in [0.717, 1.165) is 57.8 Å². The molecule has 0 radical (unpaired) electrons. The second-order valence-corrected chi connectivity index (χ2v) is 23.2. The molecule has 0 heterocycles. The molecule has 0 saturated heterocycles. The van der Waals surface area contributed by atoms with Gasteiger partial charge in [-0.3, -0.25) is 13.8 Å². The summed E-state index contributed by atoms with van der Waals surface area (Å²) in [4.78, 5) is 23.1. The first-order chi connectivity index (χ1) is 34.6. The molecule has 0 amide bonds. The molecule has 0 saturated carbocycles. The van der Waals surface area contributed by atoms with Crippen LogP contribution in [0.1, 0.15) is 284 Å². The van der Waals surface area contributed by atoms with Gasteiger partial charge in [-0.2, -0.15) is 0 Å².